The second kappa shape index (κ2) is 10.1. The quantitative estimate of drug-likeness (QED) is 0.392. The van der Waals surface area contributed by atoms with E-state index in [1.165, 1.54) is 22.2 Å². The molecule has 0 aliphatic carbocycles. The van der Waals surface area contributed by atoms with Gasteiger partial charge in [-0.3, -0.25) is 14.2 Å². The van der Waals surface area contributed by atoms with E-state index in [1.54, 1.807) is 11.7 Å². The van der Waals surface area contributed by atoms with E-state index in [4.69, 9.17) is 4.74 Å². The van der Waals surface area contributed by atoms with Crippen LogP contribution in [-0.2, 0) is 29.2 Å². The van der Waals surface area contributed by atoms with E-state index in [0.717, 1.165) is 15.8 Å². The summed E-state index contributed by atoms with van der Waals surface area (Å²) in [6.45, 7) is 4.55. The predicted molar refractivity (Wildman–Crippen MR) is 131 cm³/mol. The summed E-state index contributed by atoms with van der Waals surface area (Å²) in [5.41, 5.74) is 1.08. The molecule has 0 aliphatic heterocycles. The van der Waals surface area contributed by atoms with Gasteiger partial charge in [0.25, 0.3) is 5.56 Å². The van der Waals surface area contributed by atoms with Crippen LogP contribution in [0.4, 0.5) is 5.13 Å². The van der Waals surface area contributed by atoms with Crippen LogP contribution in [0.25, 0.3) is 11.2 Å². The normalized spacial score (nSPS) is 11.4. The summed E-state index contributed by atoms with van der Waals surface area (Å²) in [6.07, 6.45) is 1.51. The lowest BCUT2D eigenvalue weighted by Gasteiger charge is -2.12. The molecule has 0 unspecified atom stereocenters. The highest BCUT2D eigenvalue weighted by molar-refractivity contribution is 7.13. The number of anilines is 1. The third kappa shape index (κ3) is 4.85. The van der Waals surface area contributed by atoms with Crippen molar-refractivity contribution in [3.63, 3.8) is 0 Å². The van der Waals surface area contributed by atoms with Crippen molar-refractivity contribution in [2.24, 2.45) is 0 Å². The third-order valence-corrected chi connectivity index (χ3v) is 6.14. The molecular formula is C23H26N6O4S. The first-order valence-electron chi connectivity index (χ1n) is 10.9. The van der Waals surface area contributed by atoms with E-state index in [9.17, 15) is 14.4 Å². The molecule has 1 aromatic carbocycles. The van der Waals surface area contributed by atoms with Crippen LogP contribution in [0, 0.1) is 0 Å². The first-order valence-corrected chi connectivity index (χ1v) is 11.7. The van der Waals surface area contributed by atoms with Gasteiger partial charge in [-0.15, -0.1) is 11.3 Å². The van der Waals surface area contributed by atoms with E-state index in [0.29, 0.717) is 18.3 Å². The van der Waals surface area contributed by atoms with Crippen LogP contribution in [0.2, 0.25) is 0 Å². The highest BCUT2D eigenvalue weighted by atomic mass is 32.1. The van der Waals surface area contributed by atoms with E-state index in [2.05, 4.69) is 15.3 Å². The molecule has 4 rings (SSSR count). The zero-order valence-corrected chi connectivity index (χ0v) is 20.0. The zero-order chi connectivity index (χ0) is 24.2. The van der Waals surface area contributed by atoms with Gasteiger partial charge in [0.15, 0.2) is 16.3 Å². The number of nitrogens with zero attached hydrogens (tertiary/aromatic N) is 5. The number of thiazole rings is 1. The Hall–Kier alpha value is -3.57. The van der Waals surface area contributed by atoms with Gasteiger partial charge in [0.2, 0.25) is 5.91 Å². The van der Waals surface area contributed by atoms with Gasteiger partial charge in [0.05, 0.1) is 25.2 Å². The molecule has 0 atom stereocenters. The van der Waals surface area contributed by atoms with Gasteiger partial charge in [-0.1, -0.05) is 44.2 Å². The molecule has 34 heavy (non-hydrogen) atoms. The molecule has 0 radical (unpaired) electrons. The van der Waals surface area contributed by atoms with Gasteiger partial charge in [-0.25, -0.2) is 19.3 Å². The van der Waals surface area contributed by atoms with Gasteiger partial charge in [-0.2, -0.15) is 0 Å². The highest BCUT2D eigenvalue weighted by Crippen LogP contribution is 2.21. The van der Waals surface area contributed by atoms with E-state index in [1.807, 2.05) is 49.6 Å². The minimum Gasteiger partial charge on any atom is -0.383 e. The number of benzene rings is 1. The summed E-state index contributed by atoms with van der Waals surface area (Å²) in [5.74, 6) is -0.276. The fourth-order valence-corrected chi connectivity index (χ4v) is 4.45. The number of hydrogen-bond acceptors (Lipinski definition) is 7. The molecule has 3 aromatic heterocycles. The molecule has 11 heteroatoms. The number of nitrogens with one attached hydrogen (secondary N) is 1. The molecule has 1 amide bonds. The smallest absolute Gasteiger partial charge is 0.333 e. The van der Waals surface area contributed by atoms with Gasteiger partial charge in [0, 0.05) is 19.0 Å². The number of carbonyl (C=O) groups excluding carboxylic acids is 1. The maximum atomic E-state index is 13.4. The molecule has 0 saturated carbocycles. The Balaban J connectivity index is 1.74. The van der Waals surface area contributed by atoms with Gasteiger partial charge >= 0.3 is 5.69 Å². The summed E-state index contributed by atoms with van der Waals surface area (Å²) < 4.78 is 9.15. The minimum absolute atomic E-state index is 0.212. The van der Waals surface area contributed by atoms with Crippen molar-refractivity contribution >= 4 is 33.5 Å². The number of ether oxygens (including phenoxy) is 1. The summed E-state index contributed by atoms with van der Waals surface area (Å²) >= 11 is 1.30. The number of rotatable bonds is 9. The van der Waals surface area contributed by atoms with Crippen LogP contribution in [0.5, 0.6) is 0 Å². The predicted octanol–water partition coefficient (Wildman–Crippen LogP) is 2.27. The average molecular weight is 483 g/mol. The Morgan fingerprint density at radius 3 is 2.62 bits per heavy atom. The second-order valence-corrected chi connectivity index (χ2v) is 8.99. The summed E-state index contributed by atoms with van der Waals surface area (Å²) in [6, 6.07) is 9.40. The van der Waals surface area contributed by atoms with E-state index in [-0.39, 0.29) is 23.6 Å². The molecule has 0 saturated heterocycles. The standard InChI is InChI=1S/C23H26N6O4S/c1-15(2)17-13-34-22(25-17)26-18(30)12-29-21(31)19-20(24-14-27(19)9-10-33-3)28(23(29)32)11-16-7-5-4-6-8-16/h4-8,13-15H,9-12H2,1-3H3,(H,25,26,30). The lowest BCUT2D eigenvalue weighted by Crippen LogP contribution is -2.43. The van der Waals surface area contributed by atoms with Crippen LogP contribution < -0.4 is 16.6 Å². The zero-order valence-electron chi connectivity index (χ0n) is 19.2. The molecule has 178 valence electrons. The molecule has 0 spiro atoms. The fraction of sp³-hybridized carbons (Fsp3) is 0.348. The first kappa shape index (κ1) is 23.6. The highest BCUT2D eigenvalue weighted by Gasteiger charge is 2.20. The van der Waals surface area contributed by atoms with Gasteiger partial charge in [0.1, 0.15) is 6.54 Å². The van der Waals surface area contributed by atoms with Crippen molar-refractivity contribution in [3.8, 4) is 0 Å². The molecule has 0 bridgehead atoms. The third-order valence-electron chi connectivity index (χ3n) is 5.37. The lowest BCUT2D eigenvalue weighted by molar-refractivity contribution is -0.116. The van der Waals surface area contributed by atoms with Crippen molar-refractivity contribution in [3.05, 3.63) is 74.1 Å². The Labute approximate surface area is 199 Å². The Bertz CT molecular complexity index is 1420. The molecular weight excluding hydrogens is 456 g/mol. The SMILES string of the molecule is COCCn1cnc2c1c(=O)n(CC(=O)Nc1nc(C(C)C)cs1)c(=O)n2Cc1ccccc1. The maximum absolute atomic E-state index is 13.4. The topological polar surface area (TPSA) is 113 Å². The Morgan fingerprint density at radius 2 is 1.94 bits per heavy atom. The van der Waals surface area contributed by atoms with Gasteiger partial charge in [-0.05, 0) is 11.5 Å². The van der Waals surface area contributed by atoms with Crippen LogP contribution in [0.1, 0.15) is 31.0 Å². The van der Waals surface area contributed by atoms with Crippen LogP contribution in [0.15, 0.2) is 51.6 Å². The van der Waals surface area contributed by atoms with E-state index >= 15 is 0 Å². The van der Waals surface area contributed by atoms with Gasteiger partial charge < -0.3 is 14.6 Å². The molecule has 0 aliphatic rings. The number of imidazole rings is 1. The number of methoxy groups -OCH3 is 1. The average Bonchev–Trinajstić information content (AvgIpc) is 3.46. The van der Waals surface area contributed by atoms with Crippen molar-refractivity contribution in [1.29, 1.82) is 0 Å². The summed E-state index contributed by atoms with van der Waals surface area (Å²) in [7, 11) is 1.57. The summed E-state index contributed by atoms with van der Waals surface area (Å²) in [4.78, 5) is 48.2. The number of fused-ring (bicyclic) bond motifs is 1. The van der Waals surface area contributed by atoms with Crippen molar-refractivity contribution in [2.45, 2.75) is 39.4 Å². The summed E-state index contributed by atoms with van der Waals surface area (Å²) in [5, 5.41) is 5.00. The Kier molecular flexibility index (Phi) is 7.03. The molecule has 4 aromatic rings. The van der Waals surface area contributed by atoms with E-state index < -0.39 is 23.7 Å². The first-order chi connectivity index (χ1) is 16.4. The maximum Gasteiger partial charge on any atom is 0.333 e. The number of carbonyl (C=O) groups is 1. The Morgan fingerprint density at radius 1 is 1.18 bits per heavy atom. The number of hydrogen-bond donors (Lipinski definition) is 1. The van der Waals surface area contributed by atoms with Crippen molar-refractivity contribution in [2.75, 3.05) is 19.0 Å². The van der Waals surface area contributed by atoms with Crippen molar-refractivity contribution < 1.29 is 9.53 Å². The second-order valence-electron chi connectivity index (χ2n) is 8.13. The largest absolute Gasteiger partial charge is 0.383 e. The van der Waals surface area contributed by atoms with Crippen LogP contribution in [0.3, 0.4) is 0 Å². The monoisotopic (exact) mass is 482 g/mol. The van der Waals surface area contributed by atoms with Crippen LogP contribution >= 0.6 is 11.3 Å². The molecule has 10 nitrogen and oxygen atoms in total. The van der Waals surface area contributed by atoms with Crippen molar-refractivity contribution in [1.82, 2.24) is 23.7 Å². The fourth-order valence-electron chi connectivity index (χ4n) is 3.56. The number of amides is 1. The molecule has 1 N–H and O–H groups in total. The minimum atomic E-state index is -0.601. The molecule has 3 heterocycles. The lowest BCUT2D eigenvalue weighted by atomic mass is 10.2. The molecule has 0 fully saturated rings. The number of aromatic nitrogens is 5. The van der Waals surface area contributed by atoms with Crippen LogP contribution in [-0.4, -0.2) is 43.3 Å².